The van der Waals surface area contributed by atoms with E-state index in [1.54, 1.807) is 0 Å². The Labute approximate surface area is 53.8 Å². The first-order valence-electron chi connectivity index (χ1n) is 2.39. The number of hydrogen-bond donors (Lipinski definition) is 2. The Kier molecular flexibility index (Phi) is 4.01. The van der Waals surface area contributed by atoms with E-state index in [1.165, 1.54) is 6.66 Å². The summed E-state index contributed by atoms with van der Waals surface area (Å²) in [5, 5.41) is 0. The molecule has 0 bridgehead atoms. The molecule has 0 saturated carbocycles. The van der Waals surface area contributed by atoms with Crippen molar-refractivity contribution in [2.75, 3.05) is 20.1 Å². The van der Waals surface area contributed by atoms with Gasteiger partial charge in [-0.05, 0) is 0 Å². The molecule has 0 unspecified atom stereocenters. The lowest BCUT2D eigenvalue weighted by Crippen LogP contribution is -2.08. The van der Waals surface area contributed by atoms with Crippen molar-refractivity contribution in [1.82, 2.24) is 0 Å². The Morgan fingerprint density at radius 1 is 1.33 bits per heavy atom. The summed E-state index contributed by atoms with van der Waals surface area (Å²) in [7, 11) is -2.94. The zero-order valence-electron chi connectivity index (χ0n) is 5.24. The van der Waals surface area contributed by atoms with Crippen LogP contribution in [0.5, 0.6) is 0 Å². The fraction of sp³-hybridized carbons (Fsp3) is 1.00. The van der Waals surface area contributed by atoms with Crippen LogP contribution in [0.3, 0.4) is 0 Å². The summed E-state index contributed by atoms with van der Waals surface area (Å²) in [4.78, 5) is 0. The molecule has 0 aliphatic carbocycles. The van der Waals surface area contributed by atoms with Crippen molar-refractivity contribution in [3.8, 4) is 0 Å². The normalized spacial score (nSPS) is 11.9. The highest BCUT2D eigenvalue weighted by molar-refractivity contribution is 7.52. The maximum atomic E-state index is 10.8. The monoisotopic (exact) mass is 154 g/mol. The van der Waals surface area contributed by atoms with Crippen LogP contribution in [0, 0.1) is 0 Å². The highest BCUT2D eigenvalue weighted by Gasteiger charge is 2.13. The van der Waals surface area contributed by atoms with E-state index in [9.17, 15) is 4.57 Å². The van der Waals surface area contributed by atoms with Crippen LogP contribution in [0.25, 0.3) is 0 Å². The molecule has 0 radical (unpaired) electrons. The van der Waals surface area contributed by atoms with Gasteiger partial charge in [-0.15, -0.1) is 0 Å². The standard InChI is InChI=1S/C3H11N2O3P/c1-9(6,7-2-4)8-3-5/h2-5H2,1H3. The largest absolute Gasteiger partial charge is 0.330 e. The number of nitrogens with two attached hydrogens (primary N) is 2. The zero-order chi connectivity index (χ0) is 7.33. The van der Waals surface area contributed by atoms with Gasteiger partial charge in [-0.3, -0.25) is 13.6 Å². The van der Waals surface area contributed by atoms with Crippen LogP contribution < -0.4 is 11.5 Å². The molecule has 0 aromatic heterocycles. The Morgan fingerprint density at radius 2 is 1.67 bits per heavy atom. The van der Waals surface area contributed by atoms with Crippen LogP contribution in [0.1, 0.15) is 0 Å². The van der Waals surface area contributed by atoms with E-state index in [1.807, 2.05) is 0 Å². The van der Waals surface area contributed by atoms with Gasteiger partial charge in [0.05, 0.1) is 0 Å². The Morgan fingerprint density at radius 3 is 1.89 bits per heavy atom. The second-order valence-corrected chi connectivity index (χ2v) is 3.42. The van der Waals surface area contributed by atoms with Gasteiger partial charge in [0.25, 0.3) is 0 Å². The van der Waals surface area contributed by atoms with Gasteiger partial charge < -0.3 is 11.5 Å². The zero-order valence-corrected chi connectivity index (χ0v) is 6.14. The quantitative estimate of drug-likeness (QED) is 0.427. The number of rotatable bonds is 4. The van der Waals surface area contributed by atoms with E-state index in [0.29, 0.717) is 0 Å². The smallest absolute Gasteiger partial charge is 0.308 e. The molecule has 0 aromatic carbocycles. The fourth-order valence-corrected chi connectivity index (χ4v) is 0.924. The van der Waals surface area contributed by atoms with Crippen LogP contribution in [0.15, 0.2) is 0 Å². The van der Waals surface area contributed by atoms with E-state index >= 15 is 0 Å². The molecule has 6 heteroatoms. The summed E-state index contributed by atoms with van der Waals surface area (Å²) in [5.41, 5.74) is 9.86. The Balaban J connectivity index is 3.58. The molecular formula is C3H11N2O3P. The van der Waals surface area contributed by atoms with Crippen molar-refractivity contribution in [3.63, 3.8) is 0 Å². The molecule has 56 valence electrons. The van der Waals surface area contributed by atoms with Gasteiger partial charge in [-0.2, -0.15) is 0 Å². The molecule has 0 fully saturated rings. The van der Waals surface area contributed by atoms with Gasteiger partial charge >= 0.3 is 7.60 Å². The SMILES string of the molecule is CP(=O)(OCN)OCN. The van der Waals surface area contributed by atoms with E-state index in [2.05, 4.69) is 9.05 Å². The van der Waals surface area contributed by atoms with Crippen molar-refractivity contribution in [3.05, 3.63) is 0 Å². The van der Waals surface area contributed by atoms with Gasteiger partial charge in [0.15, 0.2) is 0 Å². The van der Waals surface area contributed by atoms with Crippen LogP contribution in [0.4, 0.5) is 0 Å². The highest BCUT2D eigenvalue weighted by atomic mass is 31.2. The van der Waals surface area contributed by atoms with E-state index < -0.39 is 7.60 Å². The fourth-order valence-electron chi connectivity index (χ4n) is 0.308. The molecule has 0 spiro atoms. The third kappa shape index (κ3) is 4.57. The van der Waals surface area contributed by atoms with Gasteiger partial charge in [0.2, 0.25) is 0 Å². The van der Waals surface area contributed by atoms with E-state index in [4.69, 9.17) is 11.5 Å². The van der Waals surface area contributed by atoms with Crippen molar-refractivity contribution < 1.29 is 13.6 Å². The molecule has 0 aromatic rings. The minimum Gasteiger partial charge on any atom is -0.308 e. The molecule has 9 heavy (non-hydrogen) atoms. The molecule has 0 heterocycles. The van der Waals surface area contributed by atoms with Gasteiger partial charge in [-0.25, -0.2) is 0 Å². The van der Waals surface area contributed by atoms with Crippen molar-refractivity contribution >= 4 is 7.60 Å². The van der Waals surface area contributed by atoms with Crippen molar-refractivity contribution in [2.45, 2.75) is 0 Å². The van der Waals surface area contributed by atoms with Gasteiger partial charge in [-0.1, -0.05) is 0 Å². The molecular weight excluding hydrogens is 143 g/mol. The summed E-state index contributed by atoms with van der Waals surface area (Å²) in [6, 6.07) is 0. The molecule has 0 aliphatic heterocycles. The Bertz CT molecular complexity index is 108. The van der Waals surface area contributed by atoms with Crippen LogP contribution in [0.2, 0.25) is 0 Å². The third-order valence-corrected chi connectivity index (χ3v) is 1.85. The molecule has 0 atom stereocenters. The topological polar surface area (TPSA) is 87.6 Å². The number of hydrogen-bond acceptors (Lipinski definition) is 5. The molecule has 4 N–H and O–H groups in total. The third-order valence-electron chi connectivity index (χ3n) is 0.618. The average molecular weight is 154 g/mol. The maximum absolute atomic E-state index is 10.8. The second kappa shape index (κ2) is 3.98. The van der Waals surface area contributed by atoms with Crippen LogP contribution in [-0.2, 0) is 13.6 Å². The predicted octanol–water partition coefficient (Wildman–Crippen LogP) is -0.325. The molecule has 0 aliphatic rings. The van der Waals surface area contributed by atoms with E-state index in [-0.39, 0.29) is 13.5 Å². The van der Waals surface area contributed by atoms with Crippen LogP contribution in [-0.4, -0.2) is 20.1 Å². The summed E-state index contributed by atoms with van der Waals surface area (Å²) >= 11 is 0. The molecule has 0 amide bonds. The predicted molar refractivity (Wildman–Crippen MR) is 33.8 cm³/mol. The van der Waals surface area contributed by atoms with Gasteiger partial charge in [0.1, 0.15) is 13.5 Å². The van der Waals surface area contributed by atoms with Crippen LogP contribution >= 0.6 is 7.60 Å². The first-order valence-corrected chi connectivity index (χ1v) is 4.38. The van der Waals surface area contributed by atoms with Crippen molar-refractivity contribution in [1.29, 1.82) is 0 Å². The highest BCUT2D eigenvalue weighted by Crippen LogP contribution is 2.42. The lowest BCUT2D eigenvalue weighted by Gasteiger charge is -2.09. The second-order valence-electron chi connectivity index (χ2n) is 1.36. The summed E-state index contributed by atoms with van der Waals surface area (Å²) in [6.07, 6.45) is 0. The lowest BCUT2D eigenvalue weighted by molar-refractivity contribution is 0.217. The lowest BCUT2D eigenvalue weighted by atomic mass is 11.4. The first-order chi connectivity index (χ1) is 4.12. The first kappa shape index (κ1) is 9.07. The van der Waals surface area contributed by atoms with Gasteiger partial charge in [0, 0.05) is 6.66 Å². The summed E-state index contributed by atoms with van der Waals surface area (Å²) in [6.45, 7) is 1.08. The van der Waals surface area contributed by atoms with Crippen molar-refractivity contribution in [2.24, 2.45) is 11.5 Å². The average Bonchev–Trinajstić information content (AvgIpc) is 1.64. The molecule has 0 saturated heterocycles. The minimum absolute atomic E-state index is 0.117. The maximum Gasteiger partial charge on any atom is 0.330 e. The molecule has 0 rings (SSSR count). The summed E-state index contributed by atoms with van der Waals surface area (Å²) in [5.74, 6) is 0. The minimum atomic E-state index is -2.94. The Hall–Kier alpha value is 0.0700. The summed E-state index contributed by atoms with van der Waals surface area (Å²) < 4.78 is 19.8. The van der Waals surface area contributed by atoms with E-state index in [0.717, 1.165) is 0 Å². The molecule has 5 nitrogen and oxygen atoms in total.